The van der Waals surface area contributed by atoms with E-state index in [9.17, 15) is 9.59 Å². The lowest BCUT2D eigenvalue weighted by atomic mass is 10.1. The van der Waals surface area contributed by atoms with Gasteiger partial charge in [-0.05, 0) is 32.1 Å². The summed E-state index contributed by atoms with van der Waals surface area (Å²) in [5.41, 5.74) is 0. The summed E-state index contributed by atoms with van der Waals surface area (Å²) in [5, 5.41) is 17.1. The minimum Gasteiger partial charge on any atom is -0.481 e. The molecule has 0 radical (unpaired) electrons. The highest BCUT2D eigenvalue weighted by Gasteiger charge is 2.02. The molecule has 0 saturated heterocycles. The Kier molecular flexibility index (Phi) is 15.5. The minimum atomic E-state index is -0.708. The lowest BCUT2D eigenvalue weighted by Crippen LogP contribution is -2.05. The Morgan fingerprint density at radius 3 is 1.73 bits per heavy atom. The largest absolute Gasteiger partial charge is 0.481 e. The van der Waals surface area contributed by atoms with Gasteiger partial charge in [-0.3, -0.25) is 9.59 Å². The number of hydrogen-bond acceptors (Lipinski definition) is 4. The highest BCUT2D eigenvalue weighted by molar-refractivity contribution is 5.69. The molecule has 0 rings (SSSR count). The Hall–Kier alpha value is -1.10. The van der Waals surface area contributed by atoms with Crippen molar-refractivity contribution >= 4 is 11.9 Å². The number of carbonyl (C=O) groups excluding carboxylic acids is 1. The zero-order valence-electron chi connectivity index (χ0n) is 13.7. The molecular formula is C17H32O5. The van der Waals surface area contributed by atoms with Gasteiger partial charge in [0.2, 0.25) is 0 Å². The number of hydrogen-bond donors (Lipinski definition) is 2. The van der Waals surface area contributed by atoms with Crippen LogP contribution in [0.3, 0.4) is 0 Å². The Morgan fingerprint density at radius 1 is 0.682 bits per heavy atom. The van der Waals surface area contributed by atoms with E-state index in [2.05, 4.69) is 0 Å². The Morgan fingerprint density at radius 2 is 1.18 bits per heavy atom. The van der Waals surface area contributed by atoms with Gasteiger partial charge in [-0.2, -0.15) is 0 Å². The predicted octanol–water partition coefficient (Wildman–Crippen LogP) is 3.68. The normalized spacial score (nSPS) is 10.6. The zero-order chi connectivity index (χ0) is 16.5. The first-order chi connectivity index (χ1) is 10.7. The molecule has 5 nitrogen and oxygen atoms in total. The minimum absolute atomic E-state index is 0.113. The van der Waals surface area contributed by atoms with E-state index in [0.717, 1.165) is 70.6 Å². The van der Waals surface area contributed by atoms with Crippen LogP contribution in [0.25, 0.3) is 0 Å². The molecule has 0 fully saturated rings. The number of aliphatic hydroxyl groups is 1. The van der Waals surface area contributed by atoms with E-state index in [1.165, 1.54) is 0 Å². The molecule has 0 aliphatic carbocycles. The van der Waals surface area contributed by atoms with Gasteiger partial charge in [-0.15, -0.1) is 0 Å². The first-order valence-electron chi connectivity index (χ1n) is 8.65. The Balaban J connectivity index is 3.15. The van der Waals surface area contributed by atoms with Crippen molar-refractivity contribution in [2.75, 3.05) is 13.2 Å². The first kappa shape index (κ1) is 20.9. The summed E-state index contributed by atoms with van der Waals surface area (Å²) in [4.78, 5) is 21.7. The Labute approximate surface area is 134 Å². The third-order valence-corrected chi connectivity index (χ3v) is 3.59. The maximum absolute atomic E-state index is 11.4. The highest BCUT2D eigenvalue weighted by Crippen LogP contribution is 2.11. The van der Waals surface area contributed by atoms with Crippen molar-refractivity contribution in [2.45, 2.75) is 83.5 Å². The van der Waals surface area contributed by atoms with Gasteiger partial charge >= 0.3 is 11.9 Å². The third kappa shape index (κ3) is 17.0. The highest BCUT2D eigenvalue weighted by atomic mass is 16.5. The summed E-state index contributed by atoms with van der Waals surface area (Å²) in [6, 6.07) is 0. The zero-order valence-corrected chi connectivity index (χ0v) is 13.7. The van der Waals surface area contributed by atoms with Gasteiger partial charge in [-0.25, -0.2) is 0 Å². The fraction of sp³-hybridized carbons (Fsp3) is 0.882. The van der Waals surface area contributed by atoms with Crippen LogP contribution in [-0.2, 0) is 14.3 Å². The van der Waals surface area contributed by atoms with Crippen molar-refractivity contribution in [3.8, 4) is 0 Å². The van der Waals surface area contributed by atoms with E-state index in [-0.39, 0.29) is 19.0 Å². The number of unbranched alkanes of at least 4 members (excludes halogenated alkanes) is 9. The molecule has 22 heavy (non-hydrogen) atoms. The summed E-state index contributed by atoms with van der Waals surface area (Å²) in [6.07, 6.45) is 11.5. The molecule has 2 N–H and O–H groups in total. The smallest absolute Gasteiger partial charge is 0.305 e. The average molecular weight is 316 g/mol. The van der Waals surface area contributed by atoms with Crippen LogP contribution < -0.4 is 0 Å². The van der Waals surface area contributed by atoms with Crippen LogP contribution in [-0.4, -0.2) is 35.4 Å². The van der Waals surface area contributed by atoms with Gasteiger partial charge in [0.05, 0.1) is 6.61 Å². The topological polar surface area (TPSA) is 83.8 Å². The maximum Gasteiger partial charge on any atom is 0.305 e. The number of carboxylic acids is 1. The number of esters is 1. The van der Waals surface area contributed by atoms with Crippen LogP contribution in [0, 0.1) is 0 Å². The van der Waals surface area contributed by atoms with Crippen LogP contribution in [0.15, 0.2) is 0 Å². The molecule has 0 unspecified atom stereocenters. The van der Waals surface area contributed by atoms with E-state index in [0.29, 0.717) is 13.0 Å². The molecule has 0 spiro atoms. The second-order valence-corrected chi connectivity index (χ2v) is 5.73. The summed E-state index contributed by atoms with van der Waals surface area (Å²) in [7, 11) is 0. The molecule has 0 aliphatic rings. The van der Waals surface area contributed by atoms with Crippen molar-refractivity contribution < 1.29 is 24.5 Å². The lowest BCUT2D eigenvalue weighted by Gasteiger charge is -2.04. The van der Waals surface area contributed by atoms with Crippen LogP contribution in [0.5, 0.6) is 0 Å². The van der Waals surface area contributed by atoms with E-state index < -0.39 is 5.97 Å². The van der Waals surface area contributed by atoms with Crippen LogP contribution in [0.4, 0.5) is 0 Å². The fourth-order valence-corrected chi connectivity index (χ4v) is 2.26. The van der Waals surface area contributed by atoms with E-state index in [4.69, 9.17) is 14.9 Å². The summed E-state index contributed by atoms with van der Waals surface area (Å²) < 4.78 is 5.11. The summed E-state index contributed by atoms with van der Waals surface area (Å²) >= 11 is 0. The molecule has 0 aromatic rings. The van der Waals surface area contributed by atoms with Gasteiger partial charge in [0.1, 0.15) is 0 Å². The van der Waals surface area contributed by atoms with Gasteiger partial charge in [-0.1, -0.05) is 38.5 Å². The van der Waals surface area contributed by atoms with Gasteiger partial charge in [0, 0.05) is 19.4 Å². The van der Waals surface area contributed by atoms with E-state index in [1.807, 2.05) is 0 Å². The molecule has 0 aliphatic heterocycles. The monoisotopic (exact) mass is 316 g/mol. The Bertz CT molecular complexity index is 278. The van der Waals surface area contributed by atoms with Crippen molar-refractivity contribution in [2.24, 2.45) is 0 Å². The van der Waals surface area contributed by atoms with Gasteiger partial charge < -0.3 is 14.9 Å². The standard InChI is InChI=1S/C17H32O5/c18-14-10-7-11-15-22-17(21)13-9-6-4-2-1-3-5-8-12-16(19)20/h18H,1-15H2,(H,19,20). The molecule has 0 amide bonds. The summed E-state index contributed by atoms with van der Waals surface area (Å²) in [6.45, 7) is 0.669. The van der Waals surface area contributed by atoms with Crippen molar-refractivity contribution in [3.05, 3.63) is 0 Å². The lowest BCUT2D eigenvalue weighted by molar-refractivity contribution is -0.144. The number of carbonyl (C=O) groups is 2. The summed E-state index contributed by atoms with van der Waals surface area (Å²) in [5.74, 6) is -0.821. The number of aliphatic carboxylic acids is 1. The number of rotatable bonds is 16. The molecule has 0 bridgehead atoms. The van der Waals surface area contributed by atoms with Crippen LogP contribution in [0.1, 0.15) is 83.5 Å². The van der Waals surface area contributed by atoms with E-state index >= 15 is 0 Å². The maximum atomic E-state index is 11.4. The quantitative estimate of drug-likeness (QED) is 0.335. The van der Waals surface area contributed by atoms with Crippen molar-refractivity contribution in [1.82, 2.24) is 0 Å². The van der Waals surface area contributed by atoms with Crippen molar-refractivity contribution in [3.63, 3.8) is 0 Å². The SMILES string of the molecule is O=C(O)CCCCCCCCCCC(=O)OCCCCCO. The second kappa shape index (κ2) is 16.3. The fourth-order valence-electron chi connectivity index (χ4n) is 2.26. The first-order valence-corrected chi connectivity index (χ1v) is 8.65. The third-order valence-electron chi connectivity index (χ3n) is 3.59. The number of aliphatic hydroxyl groups excluding tert-OH is 1. The molecule has 0 heterocycles. The molecule has 0 saturated carbocycles. The molecule has 130 valence electrons. The second-order valence-electron chi connectivity index (χ2n) is 5.73. The van der Waals surface area contributed by atoms with Gasteiger partial charge in [0.15, 0.2) is 0 Å². The van der Waals surface area contributed by atoms with Crippen molar-refractivity contribution in [1.29, 1.82) is 0 Å². The van der Waals surface area contributed by atoms with Crippen LogP contribution in [0.2, 0.25) is 0 Å². The molecule has 5 heteroatoms. The molecular weight excluding hydrogens is 284 g/mol. The average Bonchev–Trinajstić information content (AvgIpc) is 2.48. The molecule has 0 atom stereocenters. The van der Waals surface area contributed by atoms with Crippen LogP contribution >= 0.6 is 0 Å². The number of ether oxygens (including phenoxy) is 1. The predicted molar refractivity (Wildman–Crippen MR) is 85.7 cm³/mol. The molecule has 0 aromatic heterocycles. The number of carboxylic acid groups (broad SMARTS) is 1. The van der Waals surface area contributed by atoms with E-state index in [1.54, 1.807) is 0 Å². The van der Waals surface area contributed by atoms with Gasteiger partial charge in [0.25, 0.3) is 0 Å². The molecule has 0 aromatic carbocycles.